The van der Waals surface area contributed by atoms with Crippen LogP contribution in [0.1, 0.15) is 32.9 Å². The van der Waals surface area contributed by atoms with E-state index < -0.39 is 0 Å². The fourth-order valence-electron chi connectivity index (χ4n) is 2.48. The number of para-hydroxylation sites is 1. The van der Waals surface area contributed by atoms with Crippen molar-refractivity contribution in [1.82, 2.24) is 9.97 Å². The van der Waals surface area contributed by atoms with Gasteiger partial charge in [0.2, 0.25) is 0 Å². The van der Waals surface area contributed by atoms with Crippen LogP contribution in [-0.2, 0) is 6.42 Å². The van der Waals surface area contributed by atoms with Gasteiger partial charge >= 0.3 is 0 Å². The van der Waals surface area contributed by atoms with Crippen molar-refractivity contribution in [2.45, 2.75) is 33.2 Å². The first kappa shape index (κ1) is 14.2. The summed E-state index contributed by atoms with van der Waals surface area (Å²) >= 11 is 1.73. The maximum Gasteiger partial charge on any atom is 0.0950 e. The summed E-state index contributed by atoms with van der Waals surface area (Å²) in [6.07, 6.45) is 0.740. The third-order valence-electron chi connectivity index (χ3n) is 3.79. The Labute approximate surface area is 128 Å². The van der Waals surface area contributed by atoms with Gasteiger partial charge in [-0.3, -0.25) is 4.98 Å². The fourth-order valence-corrected chi connectivity index (χ4v) is 3.48. The molecule has 3 rings (SSSR count). The van der Waals surface area contributed by atoms with Gasteiger partial charge in [-0.05, 0) is 38.5 Å². The van der Waals surface area contributed by atoms with E-state index in [2.05, 4.69) is 31.0 Å². The van der Waals surface area contributed by atoms with Crippen molar-refractivity contribution < 1.29 is 0 Å². The van der Waals surface area contributed by atoms with Crippen molar-refractivity contribution in [3.05, 3.63) is 57.2 Å². The minimum absolute atomic E-state index is 0.113. The Morgan fingerprint density at radius 2 is 1.90 bits per heavy atom. The summed E-state index contributed by atoms with van der Waals surface area (Å²) in [7, 11) is 0. The van der Waals surface area contributed by atoms with E-state index >= 15 is 0 Å². The number of aryl methyl sites for hydroxylation is 3. The Balaban J connectivity index is 1.92. The smallest absolute Gasteiger partial charge is 0.0950 e. The highest BCUT2D eigenvalue weighted by Crippen LogP contribution is 2.24. The molecule has 2 aromatic heterocycles. The Bertz CT molecular complexity index is 772. The molecular weight excluding hydrogens is 278 g/mol. The molecule has 0 fully saturated rings. The maximum absolute atomic E-state index is 6.35. The van der Waals surface area contributed by atoms with Crippen LogP contribution in [0.15, 0.2) is 30.3 Å². The SMILES string of the molecule is Cc1nc(CC(N)c2cc(C)c3ccccc3n2)sc1C. The maximum atomic E-state index is 6.35. The quantitative estimate of drug-likeness (QED) is 0.798. The van der Waals surface area contributed by atoms with Crippen molar-refractivity contribution in [2.75, 3.05) is 0 Å². The van der Waals surface area contributed by atoms with Gasteiger partial charge in [0.15, 0.2) is 0 Å². The van der Waals surface area contributed by atoms with Crippen LogP contribution in [0.25, 0.3) is 10.9 Å². The van der Waals surface area contributed by atoms with Crippen molar-refractivity contribution >= 4 is 22.2 Å². The van der Waals surface area contributed by atoms with Gasteiger partial charge in [-0.2, -0.15) is 0 Å². The number of nitrogens with two attached hydrogens (primary N) is 1. The molecule has 108 valence electrons. The predicted octanol–water partition coefficient (Wildman–Crippen LogP) is 3.86. The van der Waals surface area contributed by atoms with E-state index in [1.54, 1.807) is 11.3 Å². The topological polar surface area (TPSA) is 51.8 Å². The lowest BCUT2D eigenvalue weighted by Gasteiger charge is -2.12. The molecule has 0 saturated heterocycles. The average Bonchev–Trinajstić information content (AvgIpc) is 2.77. The summed E-state index contributed by atoms with van der Waals surface area (Å²) in [6.45, 7) is 6.25. The van der Waals surface area contributed by atoms with Gasteiger partial charge in [0.25, 0.3) is 0 Å². The predicted molar refractivity (Wildman–Crippen MR) is 88.7 cm³/mol. The largest absolute Gasteiger partial charge is 0.322 e. The normalized spacial score (nSPS) is 12.8. The van der Waals surface area contributed by atoms with Crippen LogP contribution in [-0.4, -0.2) is 9.97 Å². The molecule has 3 aromatic rings. The number of aromatic nitrogens is 2. The molecule has 0 aliphatic carbocycles. The van der Waals surface area contributed by atoms with Crippen LogP contribution in [0.5, 0.6) is 0 Å². The molecule has 0 saturated carbocycles. The average molecular weight is 297 g/mol. The number of fused-ring (bicyclic) bond motifs is 1. The molecule has 0 aliphatic heterocycles. The van der Waals surface area contributed by atoms with Gasteiger partial charge in [-0.1, -0.05) is 18.2 Å². The summed E-state index contributed by atoms with van der Waals surface area (Å²) in [5.41, 5.74) is 10.6. The molecule has 1 unspecified atom stereocenters. The molecular formula is C17H19N3S. The monoisotopic (exact) mass is 297 g/mol. The lowest BCUT2D eigenvalue weighted by atomic mass is 10.0. The van der Waals surface area contributed by atoms with E-state index in [1.165, 1.54) is 15.8 Å². The van der Waals surface area contributed by atoms with E-state index in [-0.39, 0.29) is 6.04 Å². The van der Waals surface area contributed by atoms with Crippen molar-refractivity contribution in [1.29, 1.82) is 0 Å². The number of hydrogen-bond donors (Lipinski definition) is 1. The fraction of sp³-hybridized carbons (Fsp3) is 0.294. The van der Waals surface area contributed by atoms with E-state index in [4.69, 9.17) is 10.7 Å². The molecule has 0 radical (unpaired) electrons. The van der Waals surface area contributed by atoms with Crippen LogP contribution in [0.2, 0.25) is 0 Å². The molecule has 0 amide bonds. The number of thiazole rings is 1. The highest BCUT2D eigenvalue weighted by atomic mass is 32.1. The summed E-state index contributed by atoms with van der Waals surface area (Å²) < 4.78 is 0. The zero-order valence-electron chi connectivity index (χ0n) is 12.6. The van der Waals surface area contributed by atoms with Crippen LogP contribution < -0.4 is 5.73 Å². The molecule has 2 N–H and O–H groups in total. The third-order valence-corrected chi connectivity index (χ3v) is 4.89. The Morgan fingerprint density at radius 1 is 1.14 bits per heavy atom. The summed E-state index contributed by atoms with van der Waals surface area (Å²) in [5.74, 6) is 0. The summed E-state index contributed by atoms with van der Waals surface area (Å²) in [6, 6.07) is 10.2. The molecule has 0 bridgehead atoms. The first-order chi connectivity index (χ1) is 10.0. The van der Waals surface area contributed by atoms with Crippen LogP contribution in [0.4, 0.5) is 0 Å². The second kappa shape index (κ2) is 5.54. The van der Waals surface area contributed by atoms with Crippen LogP contribution >= 0.6 is 11.3 Å². The van der Waals surface area contributed by atoms with Gasteiger partial charge in [0, 0.05) is 16.7 Å². The number of nitrogens with zero attached hydrogens (tertiary/aromatic N) is 2. The Kier molecular flexibility index (Phi) is 3.74. The molecule has 2 heterocycles. The summed E-state index contributed by atoms with van der Waals surface area (Å²) in [5, 5.41) is 2.28. The lowest BCUT2D eigenvalue weighted by Crippen LogP contribution is -2.15. The van der Waals surface area contributed by atoms with Crippen LogP contribution in [0, 0.1) is 20.8 Å². The first-order valence-corrected chi connectivity index (χ1v) is 7.91. The minimum atomic E-state index is -0.113. The van der Waals surface area contributed by atoms with E-state index in [1.807, 2.05) is 25.1 Å². The first-order valence-electron chi connectivity index (χ1n) is 7.09. The highest BCUT2D eigenvalue weighted by Gasteiger charge is 2.14. The Hall–Kier alpha value is -1.78. The zero-order chi connectivity index (χ0) is 15.0. The number of benzene rings is 1. The van der Waals surface area contributed by atoms with E-state index in [9.17, 15) is 0 Å². The highest BCUT2D eigenvalue weighted by molar-refractivity contribution is 7.11. The second-order valence-corrected chi connectivity index (χ2v) is 6.73. The van der Waals surface area contributed by atoms with Gasteiger partial charge in [-0.15, -0.1) is 11.3 Å². The number of rotatable bonds is 3. The molecule has 0 aliphatic rings. The van der Waals surface area contributed by atoms with Crippen molar-refractivity contribution in [3.8, 4) is 0 Å². The lowest BCUT2D eigenvalue weighted by molar-refractivity contribution is 0.695. The van der Waals surface area contributed by atoms with E-state index in [0.29, 0.717) is 0 Å². The molecule has 0 spiro atoms. The molecule has 4 heteroatoms. The van der Waals surface area contributed by atoms with E-state index in [0.717, 1.165) is 28.3 Å². The van der Waals surface area contributed by atoms with Gasteiger partial charge < -0.3 is 5.73 Å². The number of pyridine rings is 1. The van der Waals surface area contributed by atoms with Crippen molar-refractivity contribution in [3.63, 3.8) is 0 Å². The minimum Gasteiger partial charge on any atom is -0.322 e. The van der Waals surface area contributed by atoms with Crippen molar-refractivity contribution in [2.24, 2.45) is 5.73 Å². The molecule has 1 aromatic carbocycles. The Morgan fingerprint density at radius 3 is 2.62 bits per heavy atom. The molecule has 3 nitrogen and oxygen atoms in total. The van der Waals surface area contributed by atoms with Gasteiger partial charge in [0.05, 0.1) is 28.0 Å². The van der Waals surface area contributed by atoms with Crippen LogP contribution in [0.3, 0.4) is 0 Å². The standard InChI is InChI=1S/C17H19N3S/c1-10-8-16(20-15-7-5-4-6-13(10)15)14(18)9-17-19-11(2)12(3)21-17/h4-8,14H,9,18H2,1-3H3. The molecule has 21 heavy (non-hydrogen) atoms. The number of hydrogen-bond acceptors (Lipinski definition) is 4. The molecule has 1 atom stereocenters. The zero-order valence-corrected chi connectivity index (χ0v) is 13.4. The summed E-state index contributed by atoms with van der Waals surface area (Å²) in [4.78, 5) is 10.5. The second-order valence-electron chi connectivity index (χ2n) is 5.44. The van der Waals surface area contributed by atoms with Gasteiger partial charge in [0.1, 0.15) is 0 Å². The third kappa shape index (κ3) is 2.82. The van der Waals surface area contributed by atoms with Gasteiger partial charge in [-0.25, -0.2) is 4.98 Å².